The summed E-state index contributed by atoms with van der Waals surface area (Å²) in [5.74, 6) is 0. The molecule has 0 aromatic rings. The molecule has 0 amide bonds. The van der Waals surface area contributed by atoms with Crippen molar-refractivity contribution in [3.63, 3.8) is 0 Å². The average molecular weight is 130 g/mol. The van der Waals surface area contributed by atoms with Crippen molar-refractivity contribution >= 4 is 17.4 Å². The Morgan fingerprint density at radius 3 is 0.500 bits per heavy atom. The van der Waals surface area contributed by atoms with Gasteiger partial charge in [0.05, 0.1) is 0 Å². The zero-order valence-electron chi connectivity index (χ0n) is 3.89. The maximum Gasteiger partial charge on any atom is 3.00 e. The second kappa shape index (κ2) is 62.7. The number of nitrogens with two attached hydrogens (primary N) is 4. The van der Waals surface area contributed by atoms with Gasteiger partial charge in [0.1, 0.15) is 0 Å². The van der Waals surface area contributed by atoms with Crippen LogP contribution in [0.3, 0.4) is 0 Å². The third-order valence-corrected chi connectivity index (χ3v) is 0. The summed E-state index contributed by atoms with van der Waals surface area (Å²) >= 11 is 0. The molecule has 4 nitrogen and oxygen atoms in total. The van der Waals surface area contributed by atoms with E-state index in [-0.39, 0.29) is 93.3 Å². The first kappa shape index (κ1) is 97.5. The van der Waals surface area contributed by atoms with Crippen molar-refractivity contribution in [1.82, 2.24) is 0 Å². The molecule has 0 aliphatic carbocycles. The Morgan fingerprint density at radius 1 is 0.500 bits per heavy atom. The van der Waals surface area contributed by atoms with Crippen LogP contribution in [0.1, 0.15) is 0 Å². The Balaban J connectivity index is 0. The molecule has 6 heteroatoms. The van der Waals surface area contributed by atoms with Crippen LogP contribution >= 0.6 is 0 Å². The fourth-order valence-corrected chi connectivity index (χ4v) is 0. The van der Waals surface area contributed by atoms with Crippen molar-refractivity contribution in [2.75, 3.05) is 0 Å². The van der Waals surface area contributed by atoms with Crippen molar-refractivity contribution in [2.24, 2.45) is 0 Å². The summed E-state index contributed by atoms with van der Waals surface area (Å²) in [5.41, 5.74) is 0. The molecule has 0 bridgehead atoms. The topological polar surface area (TPSA) is 134 Å². The quantitative estimate of drug-likeness (QED) is 0.390. The van der Waals surface area contributed by atoms with Gasteiger partial charge in [0, 0.05) is 0 Å². The molecule has 0 aromatic carbocycles. The predicted octanol–water partition coefficient (Wildman–Crippen LogP) is -0.508. The molecule has 0 fully saturated rings. The van der Waals surface area contributed by atoms with E-state index >= 15 is 0 Å². The van der Waals surface area contributed by atoms with Crippen LogP contribution in [0.4, 0.5) is 0 Å². The van der Waals surface area contributed by atoms with Crippen LogP contribution in [0.15, 0.2) is 0 Å². The van der Waals surface area contributed by atoms with Crippen molar-refractivity contribution in [3.8, 4) is 0 Å². The van der Waals surface area contributed by atoms with Crippen LogP contribution in [0.2, 0.25) is 0 Å². The summed E-state index contributed by atoms with van der Waals surface area (Å²) in [7, 11) is 0. The Morgan fingerprint density at radius 2 is 0.500 bits per heavy atom. The van der Waals surface area contributed by atoms with E-state index < -0.39 is 0 Å². The minimum Gasteiger partial charge on any atom is -0.693 e. The van der Waals surface area contributed by atoms with E-state index in [1.165, 1.54) is 0 Å². The summed E-state index contributed by atoms with van der Waals surface area (Å²) < 4.78 is 0. The van der Waals surface area contributed by atoms with E-state index in [4.69, 9.17) is 0 Å². The van der Waals surface area contributed by atoms with Crippen LogP contribution in [0, 0.1) is 0 Å². The van der Waals surface area contributed by atoms with Crippen LogP contribution in [-0.4, -0.2) is 17.4 Å². The average Bonchev–Trinajstić information content (AvgIpc) is 0. The van der Waals surface area contributed by atoms with E-state index in [1.54, 1.807) is 0 Å². The normalized spacial score (nSPS) is 0. The second-order valence-corrected chi connectivity index (χ2v) is 0. The molecule has 32 valence electrons. The molecule has 0 rings (SSSR count). The Labute approximate surface area is 91.7 Å². The van der Waals surface area contributed by atoms with E-state index in [0.29, 0.717) is 0 Å². The number of hydrogen-bond acceptors (Lipinski definition) is 0. The third-order valence-electron chi connectivity index (χ3n) is 0. The molecule has 8 N–H and O–H groups in total. The van der Waals surface area contributed by atoms with E-state index in [1.807, 2.05) is 0 Å². The first-order valence-corrected chi connectivity index (χ1v) is 0. The molecule has 0 saturated carbocycles. The monoisotopic (exact) mass is 130 g/mol. The van der Waals surface area contributed by atoms with E-state index in [0.717, 1.165) is 0 Å². The summed E-state index contributed by atoms with van der Waals surface area (Å²) in [6, 6.07) is 0. The largest absolute Gasteiger partial charge is 3.00 e. The van der Waals surface area contributed by atoms with Gasteiger partial charge in [0.2, 0.25) is 0 Å². The van der Waals surface area contributed by atoms with Crippen LogP contribution in [0.25, 0.3) is 24.6 Å². The smallest absolute Gasteiger partial charge is 0.693 e. The van der Waals surface area contributed by atoms with Crippen LogP contribution in [0.5, 0.6) is 0 Å². The van der Waals surface area contributed by atoms with Gasteiger partial charge in [-0.2, -0.15) is 0 Å². The van der Waals surface area contributed by atoms with Gasteiger partial charge >= 0.3 is 68.7 Å². The number of hydrogen-bond donors (Lipinski definition) is 0. The van der Waals surface area contributed by atoms with Crippen molar-refractivity contribution < 1.29 is 51.4 Å². The number of rotatable bonds is 0. The Hall–Kier alpha value is 2.01. The first-order valence-electron chi connectivity index (χ1n) is 0. The van der Waals surface area contributed by atoms with Gasteiger partial charge in [-0.15, -0.1) is 0 Å². The van der Waals surface area contributed by atoms with E-state index in [2.05, 4.69) is 0 Å². The molecule has 6 heavy (non-hydrogen) atoms. The maximum absolute atomic E-state index is 0. The molecule has 0 heterocycles. The zero-order valence-corrected chi connectivity index (χ0v) is 8.16. The van der Waals surface area contributed by atoms with Gasteiger partial charge in [0.25, 0.3) is 0 Å². The summed E-state index contributed by atoms with van der Waals surface area (Å²) in [6.45, 7) is 0. The Kier molecular flexibility index (Phi) is 1020. The minimum absolute atomic E-state index is 0. The molecule has 0 saturated heterocycles. The molecule has 0 aromatic heterocycles. The van der Waals surface area contributed by atoms with Gasteiger partial charge in [-0.25, -0.2) is 0 Å². The fraction of sp³-hybridized carbons (Fsp3) is 0. The summed E-state index contributed by atoms with van der Waals surface area (Å²) in [6.07, 6.45) is 0. The van der Waals surface area contributed by atoms with E-state index in [9.17, 15) is 0 Å². The van der Waals surface area contributed by atoms with Crippen molar-refractivity contribution in [3.05, 3.63) is 24.6 Å². The minimum atomic E-state index is 0. The van der Waals surface area contributed by atoms with Crippen molar-refractivity contribution in [2.45, 2.75) is 0 Å². The maximum atomic E-state index is 0. The van der Waals surface area contributed by atoms with Crippen molar-refractivity contribution in [1.29, 1.82) is 0 Å². The predicted molar refractivity (Wildman–Crippen MR) is 26.9 cm³/mol. The molecule has 0 spiro atoms. The summed E-state index contributed by atoms with van der Waals surface area (Å²) in [4.78, 5) is 0. The van der Waals surface area contributed by atoms with Crippen LogP contribution < -0.4 is 51.4 Å². The standard InChI is InChI=1S/Al.K.4H2N/h;;4*1H2/q+3;+1;4*-1. The first-order chi connectivity index (χ1) is 0. The van der Waals surface area contributed by atoms with Gasteiger partial charge in [-0.1, -0.05) is 0 Å². The zero-order chi connectivity index (χ0) is 0. The Bertz CT molecular complexity index is 7.51. The second-order valence-electron chi connectivity index (χ2n) is 0. The molecule has 0 unspecified atom stereocenters. The SMILES string of the molecule is [Al+3].[K+].[NH2-].[NH2-].[NH2-].[NH2-]. The van der Waals surface area contributed by atoms with Gasteiger partial charge in [0.15, 0.2) is 0 Å². The molecule has 0 aliphatic rings. The molecular weight excluding hydrogens is 122 g/mol. The third kappa shape index (κ3) is 37.4. The molecule has 0 aliphatic heterocycles. The molecule has 0 atom stereocenters. The van der Waals surface area contributed by atoms with Gasteiger partial charge < -0.3 is 24.6 Å². The molecular formula is H8AlKN4. The van der Waals surface area contributed by atoms with Gasteiger partial charge in [-0.3, -0.25) is 0 Å². The fourth-order valence-electron chi connectivity index (χ4n) is 0. The van der Waals surface area contributed by atoms with Gasteiger partial charge in [-0.05, 0) is 0 Å². The molecule has 0 radical (unpaired) electrons. The van der Waals surface area contributed by atoms with Crippen LogP contribution in [-0.2, 0) is 0 Å². The summed E-state index contributed by atoms with van der Waals surface area (Å²) in [5, 5.41) is 0.